The lowest BCUT2D eigenvalue weighted by atomic mass is 10.1. The zero-order valence-corrected chi connectivity index (χ0v) is 10.8. The lowest BCUT2D eigenvalue weighted by Gasteiger charge is -2.14. The topological polar surface area (TPSA) is 59.8 Å². The molecule has 1 aliphatic rings. The lowest BCUT2D eigenvalue weighted by molar-refractivity contribution is -0.122. The Kier molecular flexibility index (Phi) is 3.03. The minimum atomic E-state index is 0.0397. The highest BCUT2D eigenvalue weighted by Gasteiger charge is 2.30. The zero-order valence-electron chi connectivity index (χ0n) is 10.8. The third-order valence-corrected chi connectivity index (χ3v) is 3.38. The first kappa shape index (κ1) is 11.9. The standard InChI is InChI=1S/C14H16N4O/c1-10(17-14(19)12-2-3-12)11-4-6-13(7-5-11)18-9-15-8-16-18/h4-10,12H,2-3H2,1H3,(H,17,19). The van der Waals surface area contributed by atoms with Crippen molar-refractivity contribution in [2.24, 2.45) is 5.92 Å². The van der Waals surface area contributed by atoms with Crippen LogP contribution in [0.25, 0.3) is 5.69 Å². The van der Waals surface area contributed by atoms with E-state index in [1.807, 2.05) is 31.2 Å². The number of nitrogens with one attached hydrogen (secondary N) is 1. The maximum atomic E-state index is 11.7. The van der Waals surface area contributed by atoms with Crippen LogP contribution in [-0.2, 0) is 4.79 Å². The predicted octanol–water partition coefficient (Wildman–Crippen LogP) is 1.85. The molecule has 1 fully saturated rings. The lowest BCUT2D eigenvalue weighted by Crippen LogP contribution is -2.27. The minimum absolute atomic E-state index is 0.0397. The molecule has 0 spiro atoms. The fraction of sp³-hybridized carbons (Fsp3) is 0.357. The van der Waals surface area contributed by atoms with Crippen LogP contribution in [0, 0.1) is 5.92 Å². The van der Waals surface area contributed by atoms with E-state index in [2.05, 4.69) is 15.4 Å². The molecule has 3 rings (SSSR count). The van der Waals surface area contributed by atoms with E-state index in [-0.39, 0.29) is 17.9 Å². The van der Waals surface area contributed by atoms with Crippen molar-refractivity contribution < 1.29 is 4.79 Å². The van der Waals surface area contributed by atoms with Crippen LogP contribution >= 0.6 is 0 Å². The number of nitrogens with zero attached hydrogens (tertiary/aromatic N) is 3. The van der Waals surface area contributed by atoms with Crippen LogP contribution in [0.3, 0.4) is 0 Å². The molecule has 1 heterocycles. The van der Waals surface area contributed by atoms with Crippen LogP contribution in [0.5, 0.6) is 0 Å². The largest absolute Gasteiger partial charge is 0.349 e. The van der Waals surface area contributed by atoms with Gasteiger partial charge in [-0.25, -0.2) is 9.67 Å². The molecule has 1 aliphatic carbocycles. The van der Waals surface area contributed by atoms with Gasteiger partial charge in [-0.1, -0.05) is 12.1 Å². The van der Waals surface area contributed by atoms with Crippen molar-refractivity contribution in [3.8, 4) is 5.69 Å². The van der Waals surface area contributed by atoms with Crippen molar-refractivity contribution in [3.63, 3.8) is 0 Å². The molecule has 98 valence electrons. The number of benzene rings is 1. The van der Waals surface area contributed by atoms with Crippen LogP contribution in [0.2, 0.25) is 0 Å². The Morgan fingerprint density at radius 3 is 2.68 bits per heavy atom. The van der Waals surface area contributed by atoms with E-state index < -0.39 is 0 Å². The van der Waals surface area contributed by atoms with E-state index in [4.69, 9.17) is 0 Å². The van der Waals surface area contributed by atoms with Crippen molar-refractivity contribution in [1.29, 1.82) is 0 Å². The van der Waals surface area contributed by atoms with Crippen LogP contribution in [-0.4, -0.2) is 20.7 Å². The molecule has 5 nitrogen and oxygen atoms in total. The average Bonchev–Trinajstić information content (AvgIpc) is 3.14. The molecule has 2 aromatic rings. The van der Waals surface area contributed by atoms with Crippen molar-refractivity contribution in [3.05, 3.63) is 42.5 Å². The first-order chi connectivity index (χ1) is 9.24. The normalized spacial score (nSPS) is 16.1. The number of aromatic nitrogens is 3. The summed E-state index contributed by atoms with van der Waals surface area (Å²) in [7, 11) is 0. The molecule has 0 bridgehead atoms. The minimum Gasteiger partial charge on any atom is -0.349 e. The predicted molar refractivity (Wildman–Crippen MR) is 70.6 cm³/mol. The fourth-order valence-electron chi connectivity index (χ4n) is 2.02. The second kappa shape index (κ2) is 4.84. The number of amides is 1. The summed E-state index contributed by atoms with van der Waals surface area (Å²) in [5.41, 5.74) is 2.06. The smallest absolute Gasteiger partial charge is 0.223 e. The molecule has 19 heavy (non-hydrogen) atoms. The number of carbonyl (C=O) groups excluding carboxylic acids is 1. The summed E-state index contributed by atoms with van der Waals surface area (Å²) in [6.45, 7) is 2.00. The van der Waals surface area contributed by atoms with Crippen molar-refractivity contribution >= 4 is 5.91 Å². The highest BCUT2D eigenvalue weighted by molar-refractivity contribution is 5.81. The van der Waals surface area contributed by atoms with Gasteiger partial charge in [0, 0.05) is 5.92 Å². The molecule has 1 aromatic carbocycles. The van der Waals surface area contributed by atoms with E-state index in [0.717, 1.165) is 24.1 Å². The molecular weight excluding hydrogens is 240 g/mol. The Hall–Kier alpha value is -2.17. The molecule has 5 heteroatoms. The Bertz CT molecular complexity index is 558. The Morgan fingerprint density at radius 2 is 2.11 bits per heavy atom. The molecule has 1 N–H and O–H groups in total. The zero-order chi connectivity index (χ0) is 13.2. The average molecular weight is 256 g/mol. The van der Waals surface area contributed by atoms with E-state index in [0.29, 0.717) is 0 Å². The van der Waals surface area contributed by atoms with Crippen molar-refractivity contribution in [2.45, 2.75) is 25.8 Å². The number of carbonyl (C=O) groups is 1. The Balaban J connectivity index is 1.69. The molecule has 1 aromatic heterocycles. The highest BCUT2D eigenvalue weighted by atomic mass is 16.2. The Morgan fingerprint density at radius 1 is 1.37 bits per heavy atom. The van der Waals surface area contributed by atoms with Gasteiger partial charge in [0.05, 0.1) is 11.7 Å². The van der Waals surface area contributed by atoms with E-state index >= 15 is 0 Å². The summed E-state index contributed by atoms with van der Waals surface area (Å²) in [5, 5.41) is 7.12. The van der Waals surface area contributed by atoms with Gasteiger partial charge < -0.3 is 5.32 Å². The quantitative estimate of drug-likeness (QED) is 0.908. The van der Waals surface area contributed by atoms with Gasteiger partial charge in [0.1, 0.15) is 12.7 Å². The summed E-state index contributed by atoms with van der Waals surface area (Å²) in [6.07, 6.45) is 5.23. The van der Waals surface area contributed by atoms with Gasteiger partial charge >= 0.3 is 0 Å². The van der Waals surface area contributed by atoms with E-state index in [1.165, 1.54) is 6.33 Å². The van der Waals surface area contributed by atoms with Crippen molar-refractivity contribution in [1.82, 2.24) is 20.1 Å². The molecule has 1 saturated carbocycles. The van der Waals surface area contributed by atoms with Gasteiger partial charge in [-0.2, -0.15) is 5.10 Å². The number of hydrogen-bond donors (Lipinski definition) is 1. The van der Waals surface area contributed by atoms with Crippen molar-refractivity contribution in [2.75, 3.05) is 0 Å². The molecule has 1 amide bonds. The first-order valence-electron chi connectivity index (χ1n) is 6.49. The second-order valence-corrected chi connectivity index (χ2v) is 4.94. The number of hydrogen-bond acceptors (Lipinski definition) is 3. The molecule has 1 atom stereocenters. The van der Waals surface area contributed by atoms with Gasteiger partial charge in [0.25, 0.3) is 0 Å². The van der Waals surface area contributed by atoms with Crippen LogP contribution in [0.1, 0.15) is 31.4 Å². The maximum absolute atomic E-state index is 11.7. The SMILES string of the molecule is CC(NC(=O)C1CC1)c1ccc(-n2cncn2)cc1. The van der Waals surface area contributed by atoms with Crippen LogP contribution < -0.4 is 5.32 Å². The monoisotopic (exact) mass is 256 g/mol. The van der Waals surface area contributed by atoms with Crippen LogP contribution in [0.4, 0.5) is 0 Å². The van der Waals surface area contributed by atoms with Gasteiger partial charge in [-0.15, -0.1) is 0 Å². The second-order valence-electron chi connectivity index (χ2n) is 4.94. The molecular formula is C14H16N4O. The van der Waals surface area contributed by atoms with E-state index in [9.17, 15) is 4.79 Å². The Labute approximate surface area is 111 Å². The van der Waals surface area contributed by atoms with Gasteiger partial charge in [-0.05, 0) is 37.5 Å². The van der Waals surface area contributed by atoms with E-state index in [1.54, 1.807) is 11.0 Å². The molecule has 0 aliphatic heterocycles. The molecule has 1 unspecified atom stereocenters. The first-order valence-corrected chi connectivity index (χ1v) is 6.49. The summed E-state index contributed by atoms with van der Waals surface area (Å²) in [5.74, 6) is 0.421. The number of rotatable bonds is 4. The van der Waals surface area contributed by atoms with Gasteiger partial charge in [0.2, 0.25) is 5.91 Å². The summed E-state index contributed by atoms with van der Waals surface area (Å²) in [6, 6.07) is 8.01. The molecule has 0 saturated heterocycles. The fourth-order valence-corrected chi connectivity index (χ4v) is 2.02. The third-order valence-electron chi connectivity index (χ3n) is 3.38. The van der Waals surface area contributed by atoms with Crippen LogP contribution in [0.15, 0.2) is 36.9 Å². The maximum Gasteiger partial charge on any atom is 0.223 e. The highest BCUT2D eigenvalue weighted by Crippen LogP contribution is 2.29. The van der Waals surface area contributed by atoms with Gasteiger partial charge in [-0.3, -0.25) is 4.79 Å². The third kappa shape index (κ3) is 2.65. The van der Waals surface area contributed by atoms with Gasteiger partial charge in [0.15, 0.2) is 0 Å². The summed E-state index contributed by atoms with van der Waals surface area (Å²) in [4.78, 5) is 15.6. The summed E-state index contributed by atoms with van der Waals surface area (Å²) < 4.78 is 1.71. The molecule has 0 radical (unpaired) electrons. The summed E-state index contributed by atoms with van der Waals surface area (Å²) >= 11 is 0.